The van der Waals surface area contributed by atoms with Crippen LogP contribution in [0.25, 0.3) is 38.7 Å². The van der Waals surface area contributed by atoms with Crippen LogP contribution in [0.5, 0.6) is 0 Å². The van der Waals surface area contributed by atoms with Crippen molar-refractivity contribution in [3.8, 4) is 27.9 Å². The van der Waals surface area contributed by atoms with Crippen LogP contribution in [0.3, 0.4) is 0 Å². The van der Waals surface area contributed by atoms with Crippen molar-refractivity contribution in [1.82, 2.24) is 9.78 Å². The minimum Gasteiger partial charge on any atom is -0.478 e. The van der Waals surface area contributed by atoms with Crippen molar-refractivity contribution in [3.63, 3.8) is 0 Å². The predicted octanol–water partition coefficient (Wildman–Crippen LogP) is 6.88. The fourth-order valence-corrected chi connectivity index (χ4v) is 5.72. The number of hydrogen-bond donors (Lipinski definition) is 1. The number of thioether (sulfide) groups is 1. The molecule has 166 valence electrons. The molecular formula is C29H22N2O2S. The van der Waals surface area contributed by atoms with Crippen molar-refractivity contribution >= 4 is 28.5 Å². The molecule has 0 saturated carbocycles. The Bertz CT molecular complexity index is 1570. The third-order valence-corrected chi connectivity index (χ3v) is 7.37. The van der Waals surface area contributed by atoms with Crippen LogP contribution in [0.1, 0.15) is 21.6 Å². The highest BCUT2D eigenvalue weighted by Gasteiger charge is 2.30. The summed E-state index contributed by atoms with van der Waals surface area (Å²) in [4.78, 5) is 13.3. The molecule has 0 saturated heterocycles. The highest BCUT2D eigenvalue weighted by molar-refractivity contribution is 7.98. The number of carbonyl (C=O) groups is 1. The summed E-state index contributed by atoms with van der Waals surface area (Å²) in [7, 11) is 0. The van der Waals surface area contributed by atoms with E-state index in [4.69, 9.17) is 5.10 Å². The summed E-state index contributed by atoms with van der Waals surface area (Å²) in [6, 6.07) is 26.7. The van der Waals surface area contributed by atoms with Crippen LogP contribution < -0.4 is 0 Å². The molecule has 1 aliphatic carbocycles. The van der Waals surface area contributed by atoms with Crippen molar-refractivity contribution in [2.24, 2.45) is 0 Å². The molecule has 0 amide bonds. The number of carboxylic acids is 1. The minimum absolute atomic E-state index is 0.375. The molecular weight excluding hydrogens is 440 g/mol. The Hall–Kier alpha value is -3.83. The van der Waals surface area contributed by atoms with E-state index >= 15 is 0 Å². The Morgan fingerprint density at radius 1 is 0.912 bits per heavy atom. The smallest absolute Gasteiger partial charge is 0.337 e. The molecule has 0 radical (unpaired) electrons. The van der Waals surface area contributed by atoms with E-state index in [9.17, 15) is 9.90 Å². The quantitative estimate of drug-likeness (QED) is 0.296. The Kier molecular flexibility index (Phi) is 5.00. The normalized spacial score (nSPS) is 12.4. The molecule has 4 aromatic carbocycles. The number of fused-ring (bicyclic) bond motifs is 4. The predicted molar refractivity (Wildman–Crippen MR) is 138 cm³/mol. The first-order valence-corrected chi connectivity index (χ1v) is 12.5. The van der Waals surface area contributed by atoms with Gasteiger partial charge in [-0.05, 0) is 64.8 Å². The van der Waals surface area contributed by atoms with E-state index in [1.807, 2.05) is 53.5 Å². The Balaban J connectivity index is 1.67. The van der Waals surface area contributed by atoms with Gasteiger partial charge in [0.15, 0.2) is 0 Å². The van der Waals surface area contributed by atoms with Gasteiger partial charge in [0.2, 0.25) is 0 Å². The van der Waals surface area contributed by atoms with Gasteiger partial charge in [-0.2, -0.15) is 5.10 Å². The molecule has 0 fully saturated rings. The van der Waals surface area contributed by atoms with Gasteiger partial charge < -0.3 is 5.11 Å². The molecule has 4 nitrogen and oxygen atoms in total. The second-order valence-electron chi connectivity index (χ2n) is 8.46. The van der Waals surface area contributed by atoms with Gasteiger partial charge in [-0.1, -0.05) is 60.7 Å². The maximum Gasteiger partial charge on any atom is 0.337 e. The lowest BCUT2D eigenvalue weighted by molar-refractivity contribution is 0.0694. The molecule has 1 aliphatic rings. The fraction of sp³-hybridized carbons (Fsp3) is 0.103. The van der Waals surface area contributed by atoms with Gasteiger partial charge in [-0.25, -0.2) is 9.48 Å². The van der Waals surface area contributed by atoms with Crippen molar-refractivity contribution in [1.29, 1.82) is 0 Å². The van der Waals surface area contributed by atoms with Crippen LogP contribution >= 0.6 is 11.8 Å². The first-order valence-electron chi connectivity index (χ1n) is 11.3. The third kappa shape index (κ3) is 3.24. The summed E-state index contributed by atoms with van der Waals surface area (Å²) in [6.07, 6.45) is 5.46. The summed E-state index contributed by atoms with van der Waals surface area (Å²) < 4.78 is 1.87. The summed E-state index contributed by atoms with van der Waals surface area (Å²) in [5, 5.41) is 17.5. The zero-order valence-electron chi connectivity index (χ0n) is 18.7. The monoisotopic (exact) mass is 462 g/mol. The van der Waals surface area contributed by atoms with E-state index in [-0.39, 0.29) is 0 Å². The zero-order valence-corrected chi connectivity index (χ0v) is 19.5. The summed E-state index contributed by atoms with van der Waals surface area (Å²) >= 11 is 1.48. The summed E-state index contributed by atoms with van der Waals surface area (Å²) in [5.74, 6) is -0.898. The lowest BCUT2D eigenvalue weighted by atomic mass is 9.81. The molecule has 1 heterocycles. The Morgan fingerprint density at radius 2 is 1.68 bits per heavy atom. The topological polar surface area (TPSA) is 55.1 Å². The number of aromatic nitrogens is 2. The van der Waals surface area contributed by atoms with Gasteiger partial charge in [-0.3, -0.25) is 0 Å². The maximum absolute atomic E-state index is 12.6. The van der Waals surface area contributed by atoms with E-state index < -0.39 is 5.97 Å². The van der Waals surface area contributed by atoms with E-state index in [1.54, 1.807) is 0 Å². The third-order valence-electron chi connectivity index (χ3n) is 6.60. The summed E-state index contributed by atoms with van der Waals surface area (Å²) in [5.41, 5.74) is 7.35. The van der Waals surface area contributed by atoms with Crippen LogP contribution in [0.2, 0.25) is 0 Å². The largest absolute Gasteiger partial charge is 0.478 e. The van der Waals surface area contributed by atoms with Gasteiger partial charge in [0.1, 0.15) is 0 Å². The number of aryl methyl sites for hydroxylation is 1. The average molecular weight is 463 g/mol. The number of aromatic carboxylic acids is 1. The lowest BCUT2D eigenvalue weighted by Crippen LogP contribution is -2.12. The highest BCUT2D eigenvalue weighted by Crippen LogP contribution is 2.45. The van der Waals surface area contributed by atoms with Gasteiger partial charge >= 0.3 is 5.97 Å². The average Bonchev–Trinajstić information content (AvgIpc) is 3.32. The first-order chi connectivity index (χ1) is 16.7. The van der Waals surface area contributed by atoms with Crippen LogP contribution in [-0.4, -0.2) is 27.1 Å². The number of rotatable bonds is 4. The molecule has 0 atom stereocenters. The fourth-order valence-electron chi connectivity index (χ4n) is 5.09. The minimum atomic E-state index is -0.898. The van der Waals surface area contributed by atoms with Crippen LogP contribution in [0.4, 0.5) is 0 Å². The standard InChI is InChI=1S/C29H22N2O2S/c1-34-26-16-23(21-13-7-9-18-8-5-6-12-20(18)21)22-14-15-25-24(27(22)28(26)29(32)33)17-31(30-25)19-10-3-2-4-11-19/h2-13,16-17H,14-15H2,1H3,(H,32,33). The molecule has 6 rings (SSSR count). The van der Waals surface area contributed by atoms with Gasteiger partial charge in [0.25, 0.3) is 0 Å². The van der Waals surface area contributed by atoms with Crippen LogP contribution in [0, 0.1) is 0 Å². The van der Waals surface area contributed by atoms with Crippen molar-refractivity contribution in [2.75, 3.05) is 6.26 Å². The summed E-state index contributed by atoms with van der Waals surface area (Å²) in [6.45, 7) is 0. The molecule has 0 bridgehead atoms. The lowest BCUT2D eigenvalue weighted by Gasteiger charge is -2.24. The molecule has 5 aromatic rings. The van der Waals surface area contributed by atoms with Crippen molar-refractivity contribution < 1.29 is 9.90 Å². The second kappa shape index (κ2) is 8.19. The number of carboxylic acid groups (broad SMARTS) is 1. The van der Waals surface area contributed by atoms with E-state index in [0.29, 0.717) is 5.56 Å². The molecule has 0 unspecified atom stereocenters. The Labute approximate surface area is 201 Å². The van der Waals surface area contributed by atoms with Crippen LogP contribution in [0.15, 0.2) is 90.0 Å². The molecule has 0 aliphatic heterocycles. The number of para-hydroxylation sites is 1. The van der Waals surface area contributed by atoms with E-state index in [0.717, 1.165) is 56.9 Å². The second-order valence-corrected chi connectivity index (χ2v) is 9.30. The molecule has 0 spiro atoms. The van der Waals surface area contributed by atoms with Gasteiger partial charge in [-0.15, -0.1) is 11.8 Å². The Morgan fingerprint density at radius 3 is 2.47 bits per heavy atom. The first kappa shape index (κ1) is 20.8. The van der Waals surface area contributed by atoms with Crippen molar-refractivity contribution in [3.05, 3.63) is 102 Å². The van der Waals surface area contributed by atoms with Crippen LogP contribution in [-0.2, 0) is 12.8 Å². The zero-order chi connectivity index (χ0) is 23.2. The molecule has 34 heavy (non-hydrogen) atoms. The molecule has 1 N–H and O–H groups in total. The number of hydrogen-bond acceptors (Lipinski definition) is 3. The van der Waals surface area contributed by atoms with E-state index in [1.165, 1.54) is 22.5 Å². The highest BCUT2D eigenvalue weighted by atomic mass is 32.2. The molecule has 1 aromatic heterocycles. The van der Waals surface area contributed by atoms with E-state index in [2.05, 4.69) is 42.5 Å². The SMILES string of the molecule is CSc1cc(-c2cccc3ccccc23)c2c(c1C(=O)O)-c1cn(-c3ccccc3)nc1CC2. The molecule has 5 heteroatoms. The van der Waals surface area contributed by atoms with Gasteiger partial charge in [0, 0.05) is 22.2 Å². The maximum atomic E-state index is 12.6. The number of nitrogens with zero attached hydrogens (tertiary/aromatic N) is 2. The van der Waals surface area contributed by atoms with Crippen molar-refractivity contribution in [2.45, 2.75) is 17.7 Å². The number of benzene rings is 4. The van der Waals surface area contributed by atoms with Gasteiger partial charge in [0.05, 0.1) is 16.9 Å².